The van der Waals surface area contributed by atoms with Crippen molar-refractivity contribution in [2.75, 3.05) is 0 Å². The number of hydrogen-bond donors (Lipinski definition) is 0. The monoisotopic (exact) mass is 214 g/mol. The van der Waals surface area contributed by atoms with Crippen LogP contribution in [0.15, 0.2) is 42.0 Å². The van der Waals surface area contributed by atoms with E-state index in [1.54, 1.807) is 0 Å². The van der Waals surface area contributed by atoms with Gasteiger partial charge in [-0.2, -0.15) is 0 Å². The molecule has 86 valence electrons. The van der Waals surface area contributed by atoms with E-state index in [4.69, 9.17) is 0 Å². The average Bonchev–Trinajstić information content (AvgIpc) is 2.27. The lowest BCUT2D eigenvalue weighted by atomic mass is 9.95. The summed E-state index contributed by atoms with van der Waals surface area (Å²) >= 11 is 0. The van der Waals surface area contributed by atoms with Crippen molar-refractivity contribution in [3.63, 3.8) is 0 Å². The number of benzene rings is 1. The Bertz CT molecular complexity index is 402. The standard InChI is InChI=1S/C16H22/c1-11(2)13(5)14(6)16-9-7-15(8-10-16)12(3)4/h7-10,12H,1H2,2-6H3/b14-13-. The average molecular weight is 214 g/mol. The van der Waals surface area contributed by atoms with Gasteiger partial charge in [-0.15, -0.1) is 0 Å². The highest BCUT2D eigenvalue weighted by atomic mass is 14.1. The molecule has 0 saturated carbocycles. The Morgan fingerprint density at radius 1 is 1.00 bits per heavy atom. The Morgan fingerprint density at radius 3 is 1.88 bits per heavy atom. The fourth-order valence-corrected chi connectivity index (χ4v) is 1.65. The van der Waals surface area contributed by atoms with E-state index in [0.29, 0.717) is 5.92 Å². The highest BCUT2D eigenvalue weighted by Crippen LogP contribution is 2.24. The van der Waals surface area contributed by atoms with Gasteiger partial charge in [0.15, 0.2) is 0 Å². The first-order chi connectivity index (χ1) is 7.43. The molecule has 1 aromatic rings. The van der Waals surface area contributed by atoms with Crippen LogP contribution in [0.2, 0.25) is 0 Å². The molecule has 1 aromatic carbocycles. The van der Waals surface area contributed by atoms with Crippen molar-refractivity contribution in [2.24, 2.45) is 0 Å². The lowest BCUT2D eigenvalue weighted by Gasteiger charge is -2.10. The van der Waals surface area contributed by atoms with Gasteiger partial charge in [0.2, 0.25) is 0 Å². The third-order valence-corrected chi connectivity index (χ3v) is 3.21. The molecular formula is C16H22. The van der Waals surface area contributed by atoms with Crippen molar-refractivity contribution in [2.45, 2.75) is 40.5 Å². The number of allylic oxidation sites excluding steroid dienone is 3. The molecule has 0 radical (unpaired) electrons. The molecule has 16 heavy (non-hydrogen) atoms. The van der Waals surface area contributed by atoms with Crippen LogP contribution in [-0.2, 0) is 0 Å². The van der Waals surface area contributed by atoms with E-state index in [0.717, 1.165) is 5.57 Å². The fraction of sp³-hybridized carbons (Fsp3) is 0.375. The van der Waals surface area contributed by atoms with Gasteiger partial charge in [-0.3, -0.25) is 0 Å². The summed E-state index contributed by atoms with van der Waals surface area (Å²) in [7, 11) is 0. The Balaban J connectivity index is 3.07. The molecular weight excluding hydrogens is 192 g/mol. The van der Waals surface area contributed by atoms with E-state index < -0.39 is 0 Å². The zero-order chi connectivity index (χ0) is 12.3. The van der Waals surface area contributed by atoms with Gasteiger partial charge in [0.25, 0.3) is 0 Å². The molecule has 0 bridgehead atoms. The van der Waals surface area contributed by atoms with Crippen LogP contribution in [0.5, 0.6) is 0 Å². The van der Waals surface area contributed by atoms with Gasteiger partial charge in [0, 0.05) is 0 Å². The first-order valence-electron chi connectivity index (χ1n) is 5.87. The molecule has 0 nitrogen and oxygen atoms in total. The van der Waals surface area contributed by atoms with Crippen molar-refractivity contribution in [1.29, 1.82) is 0 Å². The normalized spacial score (nSPS) is 12.6. The van der Waals surface area contributed by atoms with Crippen molar-refractivity contribution >= 4 is 5.57 Å². The maximum Gasteiger partial charge on any atom is -0.0219 e. The fourth-order valence-electron chi connectivity index (χ4n) is 1.65. The summed E-state index contributed by atoms with van der Waals surface area (Å²) < 4.78 is 0. The van der Waals surface area contributed by atoms with Crippen LogP contribution in [-0.4, -0.2) is 0 Å². The van der Waals surface area contributed by atoms with Crippen LogP contribution in [0.4, 0.5) is 0 Å². The van der Waals surface area contributed by atoms with Crippen molar-refractivity contribution in [1.82, 2.24) is 0 Å². The third-order valence-electron chi connectivity index (χ3n) is 3.21. The molecule has 0 unspecified atom stereocenters. The minimum atomic E-state index is 0.598. The zero-order valence-corrected chi connectivity index (χ0v) is 11.1. The van der Waals surface area contributed by atoms with Gasteiger partial charge in [0.1, 0.15) is 0 Å². The predicted molar refractivity (Wildman–Crippen MR) is 73.6 cm³/mol. The third kappa shape index (κ3) is 2.85. The summed E-state index contributed by atoms with van der Waals surface area (Å²) in [5.74, 6) is 0.598. The van der Waals surface area contributed by atoms with Crippen molar-refractivity contribution < 1.29 is 0 Å². The second kappa shape index (κ2) is 5.16. The number of rotatable bonds is 3. The van der Waals surface area contributed by atoms with Crippen LogP contribution < -0.4 is 0 Å². The molecule has 0 aliphatic heterocycles. The Labute approximate surface area is 99.7 Å². The van der Waals surface area contributed by atoms with E-state index >= 15 is 0 Å². The first kappa shape index (κ1) is 12.8. The second-order valence-corrected chi connectivity index (χ2v) is 4.81. The van der Waals surface area contributed by atoms with E-state index in [-0.39, 0.29) is 0 Å². The maximum absolute atomic E-state index is 3.99. The SMILES string of the molecule is C=C(C)/C(C)=C(/C)c1ccc(C(C)C)cc1. The minimum Gasteiger partial charge on any atom is -0.0958 e. The Morgan fingerprint density at radius 2 is 1.50 bits per heavy atom. The molecule has 0 atom stereocenters. The summed E-state index contributed by atoms with van der Waals surface area (Å²) in [4.78, 5) is 0. The van der Waals surface area contributed by atoms with Gasteiger partial charge in [-0.1, -0.05) is 50.3 Å². The summed E-state index contributed by atoms with van der Waals surface area (Å²) in [6, 6.07) is 8.85. The quantitative estimate of drug-likeness (QED) is 0.608. The minimum absolute atomic E-state index is 0.598. The van der Waals surface area contributed by atoms with Gasteiger partial charge >= 0.3 is 0 Å². The first-order valence-corrected chi connectivity index (χ1v) is 5.87. The summed E-state index contributed by atoms with van der Waals surface area (Å²) in [6.07, 6.45) is 0. The largest absolute Gasteiger partial charge is 0.0958 e. The molecule has 0 heteroatoms. The van der Waals surface area contributed by atoms with Gasteiger partial charge in [-0.25, -0.2) is 0 Å². The number of hydrogen-bond acceptors (Lipinski definition) is 0. The smallest absolute Gasteiger partial charge is 0.0219 e. The van der Waals surface area contributed by atoms with Crippen LogP contribution in [0.1, 0.15) is 51.7 Å². The topological polar surface area (TPSA) is 0 Å². The lowest BCUT2D eigenvalue weighted by molar-refractivity contribution is 0.866. The van der Waals surface area contributed by atoms with Crippen LogP contribution in [0, 0.1) is 0 Å². The van der Waals surface area contributed by atoms with E-state index in [1.807, 2.05) is 0 Å². The highest BCUT2D eigenvalue weighted by Gasteiger charge is 2.03. The van der Waals surface area contributed by atoms with Crippen LogP contribution in [0.25, 0.3) is 5.57 Å². The molecule has 0 fully saturated rings. The molecule has 0 aliphatic rings. The summed E-state index contributed by atoms with van der Waals surface area (Å²) in [5.41, 5.74) is 6.44. The van der Waals surface area contributed by atoms with Crippen molar-refractivity contribution in [3.05, 3.63) is 53.1 Å². The molecule has 1 rings (SSSR count). The van der Waals surface area contributed by atoms with Gasteiger partial charge in [0.05, 0.1) is 0 Å². The highest BCUT2D eigenvalue weighted by molar-refractivity contribution is 5.70. The van der Waals surface area contributed by atoms with E-state index in [9.17, 15) is 0 Å². The molecule has 0 aliphatic carbocycles. The van der Waals surface area contributed by atoms with Gasteiger partial charge in [-0.05, 0) is 49.0 Å². The van der Waals surface area contributed by atoms with E-state index in [1.165, 1.54) is 22.3 Å². The zero-order valence-electron chi connectivity index (χ0n) is 11.1. The molecule has 0 amide bonds. The molecule has 0 saturated heterocycles. The summed E-state index contributed by atoms with van der Waals surface area (Å²) in [6.45, 7) is 14.8. The van der Waals surface area contributed by atoms with Crippen LogP contribution in [0.3, 0.4) is 0 Å². The molecule has 0 heterocycles. The van der Waals surface area contributed by atoms with Crippen LogP contribution >= 0.6 is 0 Å². The molecule has 0 N–H and O–H groups in total. The van der Waals surface area contributed by atoms with Crippen molar-refractivity contribution in [3.8, 4) is 0 Å². The van der Waals surface area contributed by atoms with E-state index in [2.05, 4.69) is 65.5 Å². The maximum atomic E-state index is 3.99. The van der Waals surface area contributed by atoms with Gasteiger partial charge < -0.3 is 0 Å². The predicted octanol–water partition coefficient (Wildman–Crippen LogP) is 5.18. The summed E-state index contributed by atoms with van der Waals surface area (Å²) in [5, 5.41) is 0. The molecule has 0 spiro atoms. The second-order valence-electron chi connectivity index (χ2n) is 4.81. The Kier molecular flexibility index (Phi) is 4.12. The Hall–Kier alpha value is -1.30. The lowest BCUT2D eigenvalue weighted by Crippen LogP contribution is -1.90. The molecule has 0 aromatic heterocycles.